The standard InChI is InChI=1S/C21H26N2O3/c1-4-23(15-16-8-6-5-7-9-16)20(24)22-21(2,3)17-10-11-18-19(14-17)26-13-12-25-18/h5-11,14H,4,12-13,15H2,1-3H3,(H,22,24). The first-order chi connectivity index (χ1) is 12.5. The third kappa shape index (κ3) is 4.10. The van der Waals surface area contributed by atoms with E-state index >= 15 is 0 Å². The normalized spacial score (nSPS) is 13.2. The zero-order chi connectivity index (χ0) is 18.6. The highest BCUT2D eigenvalue weighted by Gasteiger charge is 2.27. The van der Waals surface area contributed by atoms with E-state index in [1.54, 1.807) is 4.90 Å². The first-order valence-corrected chi connectivity index (χ1v) is 9.01. The van der Waals surface area contributed by atoms with E-state index in [1.807, 2.05) is 69.3 Å². The molecule has 0 atom stereocenters. The van der Waals surface area contributed by atoms with Crippen molar-refractivity contribution in [2.24, 2.45) is 0 Å². The molecule has 0 radical (unpaired) electrons. The van der Waals surface area contributed by atoms with Gasteiger partial charge in [-0.3, -0.25) is 0 Å². The number of nitrogens with zero attached hydrogens (tertiary/aromatic N) is 1. The van der Waals surface area contributed by atoms with E-state index in [4.69, 9.17) is 9.47 Å². The van der Waals surface area contributed by atoms with Gasteiger partial charge in [0.05, 0.1) is 5.54 Å². The first-order valence-electron chi connectivity index (χ1n) is 9.01. The van der Waals surface area contributed by atoms with Crippen LogP contribution in [0.1, 0.15) is 31.9 Å². The van der Waals surface area contributed by atoms with Gasteiger partial charge in [-0.2, -0.15) is 0 Å². The monoisotopic (exact) mass is 354 g/mol. The van der Waals surface area contributed by atoms with Crippen LogP contribution in [0.2, 0.25) is 0 Å². The van der Waals surface area contributed by atoms with Crippen molar-refractivity contribution in [1.82, 2.24) is 10.2 Å². The van der Waals surface area contributed by atoms with Gasteiger partial charge in [0.1, 0.15) is 13.2 Å². The van der Waals surface area contributed by atoms with E-state index in [0.717, 1.165) is 22.6 Å². The van der Waals surface area contributed by atoms with Gasteiger partial charge in [-0.15, -0.1) is 0 Å². The molecule has 2 aromatic rings. The summed E-state index contributed by atoms with van der Waals surface area (Å²) in [6.07, 6.45) is 0. The van der Waals surface area contributed by atoms with Crippen LogP contribution in [0.15, 0.2) is 48.5 Å². The van der Waals surface area contributed by atoms with Crippen LogP contribution in [0.4, 0.5) is 4.79 Å². The van der Waals surface area contributed by atoms with Gasteiger partial charge >= 0.3 is 6.03 Å². The summed E-state index contributed by atoms with van der Waals surface area (Å²) in [5.41, 5.74) is 1.56. The number of ether oxygens (including phenoxy) is 2. The van der Waals surface area contributed by atoms with Crippen molar-refractivity contribution in [3.8, 4) is 11.5 Å². The van der Waals surface area contributed by atoms with E-state index in [2.05, 4.69) is 5.32 Å². The molecule has 1 aliphatic rings. The molecule has 138 valence electrons. The SMILES string of the molecule is CCN(Cc1ccccc1)C(=O)NC(C)(C)c1ccc2c(c1)OCCO2. The number of rotatable bonds is 5. The van der Waals surface area contributed by atoms with Crippen molar-refractivity contribution in [3.63, 3.8) is 0 Å². The highest BCUT2D eigenvalue weighted by Crippen LogP contribution is 2.34. The first kappa shape index (κ1) is 18.1. The fraction of sp³-hybridized carbons (Fsp3) is 0.381. The summed E-state index contributed by atoms with van der Waals surface area (Å²) in [6, 6.07) is 15.7. The zero-order valence-electron chi connectivity index (χ0n) is 15.6. The van der Waals surface area contributed by atoms with Gasteiger partial charge in [-0.25, -0.2) is 4.79 Å². The molecule has 0 bridgehead atoms. The lowest BCUT2D eigenvalue weighted by atomic mass is 9.94. The fourth-order valence-electron chi connectivity index (χ4n) is 2.98. The predicted molar refractivity (Wildman–Crippen MR) is 102 cm³/mol. The minimum atomic E-state index is -0.531. The minimum Gasteiger partial charge on any atom is -0.486 e. The number of nitrogens with one attached hydrogen (secondary N) is 1. The Morgan fingerprint density at radius 1 is 1.08 bits per heavy atom. The number of fused-ring (bicyclic) bond motifs is 1. The second-order valence-corrected chi connectivity index (χ2v) is 6.91. The number of carbonyl (C=O) groups is 1. The van der Waals surface area contributed by atoms with Crippen LogP contribution < -0.4 is 14.8 Å². The Balaban J connectivity index is 1.72. The quantitative estimate of drug-likeness (QED) is 0.885. The van der Waals surface area contributed by atoms with Crippen LogP contribution in [0.5, 0.6) is 11.5 Å². The van der Waals surface area contributed by atoms with E-state index in [0.29, 0.717) is 26.3 Å². The second kappa shape index (κ2) is 7.68. The molecule has 0 spiro atoms. The van der Waals surface area contributed by atoms with E-state index in [9.17, 15) is 4.79 Å². The molecule has 1 heterocycles. The number of benzene rings is 2. The molecule has 5 nitrogen and oxygen atoms in total. The molecule has 0 unspecified atom stereocenters. The van der Waals surface area contributed by atoms with Crippen LogP contribution in [0.25, 0.3) is 0 Å². The molecular weight excluding hydrogens is 328 g/mol. The van der Waals surface area contributed by atoms with E-state index in [-0.39, 0.29) is 6.03 Å². The minimum absolute atomic E-state index is 0.0868. The van der Waals surface area contributed by atoms with Crippen LogP contribution >= 0.6 is 0 Å². The maximum Gasteiger partial charge on any atom is 0.318 e. The molecule has 3 rings (SSSR count). The maximum atomic E-state index is 12.8. The average molecular weight is 354 g/mol. The summed E-state index contributed by atoms with van der Waals surface area (Å²) in [5.74, 6) is 1.48. The van der Waals surface area contributed by atoms with Crippen molar-refractivity contribution in [2.75, 3.05) is 19.8 Å². The van der Waals surface area contributed by atoms with Crippen molar-refractivity contribution in [2.45, 2.75) is 32.9 Å². The molecule has 2 amide bonds. The molecule has 5 heteroatoms. The lowest BCUT2D eigenvalue weighted by Crippen LogP contribution is -2.48. The molecule has 1 aliphatic heterocycles. The molecule has 0 saturated heterocycles. The third-order valence-electron chi connectivity index (χ3n) is 4.57. The van der Waals surface area contributed by atoms with Crippen molar-refractivity contribution >= 4 is 6.03 Å². The summed E-state index contributed by atoms with van der Waals surface area (Å²) in [5, 5.41) is 3.14. The van der Waals surface area contributed by atoms with Gasteiger partial charge in [0.2, 0.25) is 0 Å². The topological polar surface area (TPSA) is 50.8 Å². The number of hydrogen-bond donors (Lipinski definition) is 1. The van der Waals surface area contributed by atoms with Gasteiger partial charge in [-0.05, 0) is 44.0 Å². The number of carbonyl (C=O) groups excluding carboxylic acids is 1. The zero-order valence-corrected chi connectivity index (χ0v) is 15.6. The van der Waals surface area contributed by atoms with Gasteiger partial charge in [-0.1, -0.05) is 36.4 Å². The van der Waals surface area contributed by atoms with Gasteiger partial charge in [0, 0.05) is 13.1 Å². The Labute approximate surface area is 154 Å². The molecule has 0 aromatic heterocycles. The largest absolute Gasteiger partial charge is 0.486 e. The molecule has 0 fully saturated rings. The number of urea groups is 1. The van der Waals surface area contributed by atoms with Crippen molar-refractivity contribution in [3.05, 3.63) is 59.7 Å². The average Bonchev–Trinajstić information content (AvgIpc) is 2.66. The summed E-state index contributed by atoms with van der Waals surface area (Å²) in [4.78, 5) is 14.6. The number of hydrogen-bond acceptors (Lipinski definition) is 3. The predicted octanol–water partition coefficient (Wildman–Crippen LogP) is 3.92. The van der Waals surface area contributed by atoms with Crippen LogP contribution in [-0.2, 0) is 12.1 Å². The van der Waals surface area contributed by atoms with Crippen LogP contribution in [0.3, 0.4) is 0 Å². The fourth-order valence-corrected chi connectivity index (χ4v) is 2.98. The summed E-state index contributed by atoms with van der Waals surface area (Å²) < 4.78 is 11.2. The van der Waals surface area contributed by atoms with E-state index in [1.165, 1.54) is 0 Å². The second-order valence-electron chi connectivity index (χ2n) is 6.91. The molecule has 0 aliphatic carbocycles. The summed E-state index contributed by atoms with van der Waals surface area (Å²) >= 11 is 0. The highest BCUT2D eigenvalue weighted by atomic mass is 16.6. The van der Waals surface area contributed by atoms with Gasteiger partial charge < -0.3 is 19.7 Å². The van der Waals surface area contributed by atoms with Crippen molar-refractivity contribution in [1.29, 1.82) is 0 Å². The third-order valence-corrected chi connectivity index (χ3v) is 4.57. The smallest absolute Gasteiger partial charge is 0.318 e. The molecule has 26 heavy (non-hydrogen) atoms. The Hall–Kier alpha value is -2.69. The summed E-state index contributed by atoms with van der Waals surface area (Å²) in [7, 11) is 0. The van der Waals surface area contributed by atoms with Crippen LogP contribution in [-0.4, -0.2) is 30.7 Å². The molecule has 2 aromatic carbocycles. The molecule has 0 saturated carbocycles. The Morgan fingerprint density at radius 2 is 1.77 bits per heavy atom. The van der Waals surface area contributed by atoms with Crippen LogP contribution in [0, 0.1) is 0 Å². The Bertz CT molecular complexity index is 759. The molecular formula is C21H26N2O3. The number of amides is 2. The van der Waals surface area contributed by atoms with Crippen molar-refractivity contribution < 1.29 is 14.3 Å². The Kier molecular flexibility index (Phi) is 5.35. The summed E-state index contributed by atoms with van der Waals surface area (Å²) in [6.45, 7) is 8.30. The highest BCUT2D eigenvalue weighted by molar-refractivity contribution is 5.75. The Morgan fingerprint density at radius 3 is 2.46 bits per heavy atom. The van der Waals surface area contributed by atoms with Gasteiger partial charge in [0.25, 0.3) is 0 Å². The van der Waals surface area contributed by atoms with E-state index < -0.39 is 5.54 Å². The molecule has 1 N–H and O–H groups in total. The maximum absolute atomic E-state index is 12.8. The van der Waals surface area contributed by atoms with Gasteiger partial charge in [0.15, 0.2) is 11.5 Å². The lowest BCUT2D eigenvalue weighted by Gasteiger charge is -2.32. The lowest BCUT2D eigenvalue weighted by molar-refractivity contribution is 0.170.